The zero-order chi connectivity index (χ0) is 16.1. The van der Waals surface area contributed by atoms with Crippen LogP contribution in [0.1, 0.15) is 19.4 Å². The van der Waals surface area contributed by atoms with E-state index in [1.807, 2.05) is 49.4 Å². The molecule has 4 heteroatoms. The summed E-state index contributed by atoms with van der Waals surface area (Å²) in [6.07, 6.45) is 1.99. The Labute approximate surface area is 140 Å². The minimum atomic E-state index is -0.0308. The Kier molecular flexibility index (Phi) is 5.64. The van der Waals surface area contributed by atoms with Crippen LogP contribution < -0.4 is 5.32 Å². The second-order valence-corrected chi connectivity index (χ2v) is 5.87. The number of benzene rings is 2. The summed E-state index contributed by atoms with van der Waals surface area (Å²) in [4.78, 5) is 10.9. The lowest BCUT2D eigenvalue weighted by Gasteiger charge is -2.07. The third-order valence-electron chi connectivity index (χ3n) is 3.34. The summed E-state index contributed by atoms with van der Waals surface area (Å²) in [6, 6.07) is 13.6. The maximum atomic E-state index is 10.9. The molecule has 0 atom stereocenters. The number of nitrogens with one attached hydrogen (secondary N) is 1. The van der Waals surface area contributed by atoms with E-state index in [-0.39, 0.29) is 5.91 Å². The fraction of sp³-hybridized carbons (Fsp3) is 0.167. The molecule has 0 aliphatic carbocycles. The van der Waals surface area contributed by atoms with Gasteiger partial charge < -0.3 is 5.32 Å². The zero-order valence-electron chi connectivity index (χ0n) is 12.5. The van der Waals surface area contributed by atoms with E-state index in [1.165, 1.54) is 6.92 Å². The van der Waals surface area contributed by atoms with Gasteiger partial charge in [0, 0.05) is 29.1 Å². The van der Waals surface area contributed by atoms with Crippen molar-refractivity contribution in [3.8, 4) is 11.1 Å². The molecule has 1 amide bonds. The van der Waals surface area contributed by atoms with E-state index in [9.17, 15) is 4.79 Å². The molecule has 1 N–H and O–H groups in total. The van der Waals surface area contributed by atoms with E-state index in [1.54, 1.807) is 6.07 Å². The summed E-state index contributed by atoms with van der Waals surface area (Å²) >= 11 is 12.1. The second-order valence-electron chi connectivity index (χ2n) is 5.03. The van der Waals surface area contributed by atoms with Gasteiger partial charge in [0.1, 0.15) is 0 Å². The molecule has 0 bridgehead atoms. The Hall–Kier alpha value is -1.77. The van der Waals surface area contributed by atoms with Crippen LogP contribution in [-0.4, -0.2) is 12.5 Å². The fourth-order valence-corrected chi connectivity index (χ4v) is 2.62. The molecule has 2 rings (SSSR count). The number of halogens is 2. The normalized spacial score (nSPS) is 11.4. The number of rotatable bonds is 4. The van der Waals surface area contributed by atoms with Gasteiger partial charge in [-0.1, -0.05) is 59.6 Å². The molecule has 2 nitrogen and oxygen atoms in total. The molecule has 0 unspecified atom stereocenters. The topological polar surface area (TPSA) is 29.1 Å². The summed E-state index contributed by atoms with van der Waals surface area (Å²) in [7, 11) is 0. The fourth-order valence-electron chi connectivity index (χ4n) is 2.10. The smallest absolute Gasteiger partial charge is 0.217 e. The molecule has 0 spiro atoms. The van der Waals surface area contributed by atoms with E-state index in [2.05, 4.69) is 5.32 Å². The van der Waals surface area contributed by atoms with Gasteiger partial charge in [-0.15, -0.1) is 0 Å². The summed E-state index contributed by atoms with van der Waals surface area (Å²) in [5.41, 5.74) is 4.22. The maximum absolute atomic E-state index is 10.9. The molecule has 0 heterocycles. The van der Waals surface area contributed by atoms with Gasteiger partial charge >= 0.3 is 0 Å². The Morgan fingerprint density at radius 1 is 1.09 bits per heavy atom. The first kappa shape index (κ1) is 16.6. The van der Waals surface area contributed by atoms with Crippen molar-refractivity contribution in [3.05, 3.63) is 64.1 Å². The molecule has 0 saturated heterocycles. The molecule has 0 radical (unpaired) electrons. The number of hydrogen-bond donors (Lipinski definition) is 1. The van der Waals surface area contributed by atoms with Crippen LogP contribution >= 0.6 is 23.2 Å². The van der Waals surface area contributed by atoms with Crippen molar-refractivity contribution < 1.29 is 4.79 Å². The zero-order valence-corrected chi connectivity index (χ0v) is 14.0. The van der Waals surface area contributed by atoms with Crippen molar-refractivity contribution in [1.29, 1.82) is 0 Å². The van der Waals surface area contributed by atoms with Gasteiger partial charge in [-0.2, -0.15) is 0 Å². The predicted octanol–water partition coefficient (Wildman–Crippen LogP) is 5.20. The Balaban J connectivity index is 2.18. The first-order valence-corrected chi connectivity index (χ1v) is 7.70. The van der Waals surface area contributed by atoms with Crippen LogP contribution in [0.15, 0.2) is 48.5 Å². The van der Waals surface area contributed by atoms with Crippen LogP contribution in [0.5, 0.6) is 0 Å². The number of amides is 1. The van der Waals surface area contributed by atoms with Crippen molar-refractivity contribution in [2.75, 3.05) is 6.54 Å². The van der Waals surface area contributed by atoms with Crippen molar-refractivity contribution in [2.24, 2.45) is 0 Å². The summed E-state index contributed by atoms with van der Waals surface area (Å²) in [5, 5.41) is 4.02. The third kappa shape index (κ3) is 4.36. The van der Waals surface area contributed by atoms with Gasteiger partial charge in [0.15, 0.2) is 0 Å². The summed E-state index contributed by atoms with van der Waals surface area (Å²) in [5.74, 6) is -0.0308. The SMILES string of the molecule is CC(=O)NC/C=C(/C)c1ccc(-c2ccc(Cl)cc2Cl)cc1. The summed E-state index contributed by atoms with van der Waals surface area (Å²) in [6.45, 7) is 4.06. The van der Waals surface area contributed by atoms with E-state index in [0.717, 1.165) is 22.3 Å². The minimum Gasteiger partial charge on any atom is -0.353 e. The van der Waals surface area contributed by atoms with E-state index < -0.39 is 0 Å². The first-order valence-electron chi connectivity index (χ1n) is 6.94. The number of hydrogen-bond acceptors (Lipinski definition) is 1. The van der Waals surface area contributed by atoms with Crippen molar-refractivity contribution in [2.45, 2.75) is 13.8 Å². The quantitative estimate of drug-likeness (QED) is 0.818. The highest BCUT2D eigenvalue weighted by Gasteiger charge is 2.04. The van der Waals surface area contributed by atoms with Crippen molar-refractivity contribution >= 4 is 34.7 Å². The Bertz CT molecular complexity index is 706. The number of carbonyl (C=O) groups is 1. The van der Waals surface area contributed by atoms with Crippen molar-refractivity contribution in [3.63, 3.8) is 0 Å². The highest BCUT2D eigenvalue weighted by atomic mass is 35.5. The van der Waals surface area contributed by atoms with Crippen LogP contribution in [0, 0.1) is 0 Å². The molecule has 0 aliphatic rings. The highest BCUT2D eigenvalue weighted by Crippen LogP contribution is 2.31. The molecule has 0 aliphatic heterocycles. The molecule has 114 valence electrons. The predicted molar refractivity (Wildman–Crippen MR) is 94.2 cm³/mol. The summed E-state index contributed by atoms with van der Waals surface area (Å²) < 4.78 is 0. The van der Waals surface area contributed by atoms with Crippen LogP contribution in [0.25, 0.3) is 16.7 Å². The van der Waals surface area contributed by atoms with Crippen LogP contribution in [0.3, 0.4) is 0 Å². The molecule has 0 saturated carbocycles. The van der Waals surface area contributed by atoms with Crippen LogP contribution in [0.4, 0.5) is 0 Å². The van der Waals surface area contributed by atoms with Gasteiger partial charge in [-0.3, -0.25) is 4.79 Å². The lowest BCUT2D eigenvalue weighted by atomic mass is 10.0. The molecule has 2 aromatic rings. The minimum absolute atomic E-state index is 0.0308. The molecule has 0 fully saturated rings. The Morgan fingerprint density at radius 2 is 1.77 bits per heavy atom. The lowest BCUT2D eigenvalue weighted by molar-refractivity contribution is -0.118. The standard InChI is InChI=1S/C18H17Cl2NO/c1-12(9-10-21-13(2)22)14-3-5-15(6-4-14)17-8-7-16(19)11-18(17)20/h3-9,11H,10H2,1-2H3,(H,21,22)/b12-9-. The van der Waals surface area contributed by atoms with Gasteiger partial charge in [0.05, 0.1) is 0 Å². The second kappa shape index (κ2) is 7.48. The van der Waals surface area contributed by atoms with Gasteiger partial charge in [0.2, 0.25) is 5.91 Å². The van der Waals surface area contributed by atoms with E-state index >= 15 is 0 Å². The average molecular weight is 334 g/mol. The van der Waals surface area contributed by atoms with E-state index in [0.29, 0.717) is 16.6 Å². The average Bonchev–Trinajstić information content (AvgIpc) is 2.47. The van der Waals surface area contributed by atoms with Crippen molar-refractivity contribution in [1.82, 2.24) is 5.32 Å². The van der Waals surface area contributed by atoms with Gasteiger partial charge in [-0.25, -0.2) is 0 Å². The largest absolute Gasteiger partial charge is 0.353 e. The molecule has 0 aromatic heterocycles. The number of carbonyl (C=O) groups excluding carboxylic acids is 1. The van der Waals surface area contributed by atoms with Gasteiger partial charge in [0.25, 0.3) is 0 Å². The molecule has 2 aromatic carbocycles. The number of allylic oxidation sites excluding steroid dienone is 1. The van der Waals surface area contributed by atoms with Crippen LogP contribution in [-0.2, 0) is 4.79 Å². The molecule has 22 heavy (non-hydrogen) atoms. The lowest BCUT2D eigenvalue weighted by Crippen LogP contribution is -2.19. The van der Waals surface area contributed by atoms with Crippen LogP contribution in [0.2, 0.25) is 10.0 Å². The maximum Gasteiger partial charge on any atom is 0.217 e. The Morgan fingerprint density at radius 3 is 2.36 bits per heavy atom. The highest BCUT2D eigenvalue weighted by molar-refractivity contribution is 6.36. The third-order valence-corrected chi connectivity index (χ3v) is 3.89. The van der Waals surface area contributed by atoms with E-state index in [4.69, 9.17) is 23.2 Å². The monoisotopic (exact) mass is 333 g/mol. The van der Waals surface area contributed by atoms with Gasteiger partial charge in [-0.05, 0) is 35.8 Å². The molecular formula is C18H17Cl2NO. The molecular weight excluding hydrogens is 317 g/mol. The first-order chi connectivity index (χ1) is 10.5.